The molecule has 19 heavy (non-hydrogen) atoms. The Labute approximate surface area is 119 Å². The Bertz CT molecular complexity index is 502. The minimum absolute atomic E-state index is 0.667. The molecule has 0 saturated carbocycles. The molecule has 1 aromatic carbocycles. The van der Waals surface area contributed by atoms with Gasteiger partial charge in [0.05, 0.1) is 0 Å². The number of rotatable bonds is 6. The Morgan fingerprint density at radius 3 is 2.47 bits per heavy atom. The SMILES string of the molecule is Cc1ccc(Cc2nnc(CNCC(C)C)s2)cc1. The van der Waals surface area contributed by atoms with E-state index in [0.29, 0.717) is 5.92 Å². The van der Waals surface area contributed by atoms with E-state index in [1.807, 2.05) is 0 Å². The molecule has 2 rings (SSSR count). The number of nitrogens with one attached hydrogen (secondary N) is 1. The van der Waals surface area contributed by atoms with Crippen LogP contribution in [0.1, 0.15) is 35.0 Å². The molecule has 0 aliphatic heterocycles. The van der Waals surface area contributed by atoms with Crippen molar-refractivity contribution >= 4 is 11.3 Å². The van der Waals surface area contributed by atoms with E-state index in [0.717, 1.165) is 29.5 Å². The molecule has 0 fully saturated rings. The first-order chi connectivity index (χ1) is 9.13. The lowest BCUT2D eigenvalue weighted by Crippen LogP contribution is -2.18. The molecule has 3 nitrogen and oxygen atoms in total. The van der Waals surface area contributed by atoms with Crippen molar-refractivity contribution in [3.05, 3.63) is 45.4 Å². The van der Waals surface area contributed by atoms with Crippen molar-refractivity contribution in [2.24, 2.45) is 5.92 Å². The number of hydrogen-bond donors (Lipinski definition) is 1. The van der Waals surface area contributed by atoms with Gasteiger partial charge in [0, 0.05) is 13.0 Å². The van der Waals surface area contributed by atoms with Gasteiger partial charge in [0.2, 0.25) is 0 Å². The van der Waals surface area contributed by atoms with Crippen LogP contribution in [0.5, 0.6) is 0 Å². The third-order valence-electron chi connectivity index (χ3n) is 2.81. The quantitative estimate of drug-likeness (QED) is 0.880. The highest BCUT2D eigenvalue weighted by Crippen LogP contribution is 2.15. The van der Waals surface area contributed by atoms with Gasteiger partial charge >= 0.3 is 0 Å². The molecule has 1 N–H and O–H groups in total. The van der Waals surface area contributed by atoms with Crippen LogP contribution in [0, 0.1) is 12.8 Å². The van der Waals surface area contributed by atoms with Gasteiger partial charge in [-0.05, 0) is 24.9 Å². The smallest absolute Gasteiger partial charge is 0.131 e. The van der Waals surface area contributed by atoms with Gasteiger partial charge in [-0.2, -0.15) is 0 Å². The predicted octanol–water partition coefficient (Wildman–Crippen LogP) is 3.18. The minimum Gasteiger partial charge on any atom is -0.310 e. The summed E-state index contributed by atoms with van der Waals surface area (Å²) in [5, 5.41) is 14.0. The molecule has 1 heterocycles. The third-order valence-corrected chi connectivity index (χ3v) is 3.74. The van der Waals surface area contributed by atoms with Gasteiger partial charge in [-0.1, -0.05) is 55.0 Å². The van der Waals surface area contributed by atoms with Crippen LogP contribution in [0.15, 0.2) is 24.3 Å². The van der Waals surface area contributed by atoms with Crippen LogP contribution in [-0.2, 0) is 13.0 Å². The second kappa shape index (κ2) is 6.78. The zero-order valence-corrected chi connectivity index (χ0v) is 12.6. The summed E-state index contributed by atoms with van der Waals surface area (Å²) >= 11 is 1.70. The standard InChI is InChI=1S/C15H21N3S/c1-11(2)9-16-10-15-18-17-14(19-15)8-13-6-4-12(3)5-7-13/h4-7,11,16H,8-10H2,1-3H3. The summed E-state index contributed by atoms with van der Waals surface area (Å²) < 4.78 is 0. The third kappa shape index (κ3) is 4.73. The van der Waals surface area contributed by atoms with Crippen molar-refractivity contribution in [3.63, 3.8) is 0 Å². The molecule has 0 radical (unpaired) electrons. The monoisotopic (exact) mass is 275 g/mol. The first kappa shape index (κ1) is 14.2. The molecular formula is C15H21N3S. The fourth-order valence-electron chi connectivity index (χ4n) is 1.78. The number of benzene rings is 1. The van der Waals surface area contributed by atoms with Gasteiger partial charge in [0.25, 0.3) is 0 Å². The molecule has 0 saturated heterocycles. The molecule has 0 amide bonds. The van der Waals surface area contributed by atoms with Crippen molar-refractivity contribution in [2.75, 3.05) is 6.54 Å². The first-order valence-electron chi connectivity index (χ1n) is 6.71. The summed E-state index contributed by atoms with van der Waals surface area (Å²) in [6.45, 7) is 8.36. The van der Waals surface area contributed by atoms with E-state index in [9.17, 15) is 0 Å². The van der Waals surface area contributed by atoms with E-state index >= 15 is 0 Å². The Morgan fingerprint density at radius 1 is 1.11 bits per heavy atom. The van der Waals surface area contributed by atoms with Crippen molar-refractivity contribution in [3.8, 4) is 0 Å². The van der Waals surface area contributed by atoms with Crippen LogP contribution in [0.25, 0.3) is 0 Å². The Hall–Kier alpha value is -1.26. The van der Waals surface area contributed by atoms with E-state index in [2.05, 4.69) is 60.6 Å². The molecule has 0 bridgehead atoms. The molecule has 4 heteroatoms. The summed E-state index contributed by atoms with van der Waals surface area (Å²) in [5.41, 5.74) is 2.59. The summed E-state index contributed by atoms with van der Waals surface area (Å²) in [4.78, 5) is 0. The summed E-state index contributed by atoms with van der Waals surface area (Å²) in [7, 11) is 0. The van der Waals surface area contributed by atoms with Gasteiger partial charge in [-0.3, -0.25) is 0 Å². The zero-order chi connectivity index (χ0) is 13.7. The lowest BCUT2D eigenvalue weighted by molar-refractivity contribution is 0.550. The average molecular weight is 275 g/mol. The maximum atomic E-state index is 4.26. The van der Waals surface area contributed by atoms with Crippen LogP contribution in [0.3, 0.4) is 0 Å². The summed E-state index contributed by atoms with van der Waals surface area (Å²) in [6.07, 6.45) is 0.877. The van der Waals surface area contributed by atoms with E-state index < -0.39 is 0 Å². The average Bonchev–Trinajstić information content (AvgIpc) is 2.79. The largest absolute Gasteiger partial charge is 0.310 e. The molecule has 1 aromatic heterocycles. The molecule has 2 aromatic rings. The zero-order valence-electron chi connectivity index (χ0n) is 11.8. The van der Waals surface area contributed by atoms with E-state index in [1.165, 1.54) is 11.1 Å². The summed E-state index contributed by atoms with van der Waals surface area (Å²) in [5.74, 6) is 0.667. The number of aryl methyl sites for hydroxylation is 1. The van der Waals surface area contributed by atoms with E-state index in [-0.39, 0.29) is 0 Å². The van der Waals surface area contributed by atoms with Crippen molar-refractivity contribution in [1.29, 1.82) is 0 Å². The number of nitrogens with zero attached hydrogens (tertiary/aromatic N) is 2. The van der Waals surface area contributed by atoms with Crippen LogP contribution < -0.4 is 5.32 Å². The molecule has 0 aliphatic carbocycles. The van der Waals surface area contributed by atoms with Crippen molar-refractivity contribution < 1.29 is 0 Å². The van der Waals surface area contributed by atoms with Crippen LogP contribution in [-0.4, -0.2) is 16.7 Å². The minimum atomic E-state index is 0.667. The number of hydrogen-bond acceptors (Lipinski definition) is 4. The van der Waals surface area contributed by atoms with Gasteiger partial charge in [-0.15, -0.1) is 10.2 Å². The van der Waals surface area contributed by atoms with Crippen LogP contribution in [0.2, 0.25) is 0 Å². The highest BCUT2D eigenvalue weighted by Gasteiger charge is 2.05. The lowest BCUT2D eigenvalue weighted by Gasteiger charge is -2.04. The fourth-order valence-corrected chi connectivity index (χ4v) is 2.63. The lowest BCUT2D eigenvalue weighted by atomic mass is 10.1. The fraction of sp³-hybridized carbons (Fsp3) is 0.467. The molecule has 0 atom stereocenters. The first-order valence-corrected chi connectivity index (χ1v) is 7.52. The molecule has 102 valence electrons. The topological polar surface area (TPSA) is 37.8 Å². The van der Waals surface area contributed by atoms with E-state index in [1.54, 1.807) is 11.3 Å². The molecule has 0 aliphatic rings. The highest BCUT2D eigenvalue weighted by atomic mass is 32.1. The van der Waals surface area contributed by atoms with Gasteiger partial charge < -0.3 is 5.32 Å². The Morgan fingerprint density at radius 2 is 1.79 bits per heavy atom. The van der Waals surface area contributed by atoms with Crippen molar-refractivity contribution in [1.82, 2.24) is 15.5 Å². The molecular weight excluding hydrogens is 254 g/mol. The van der Waals surface area contributed by atoms with Gasteiger partial charge in [0.15, 0.2) is 0 Å². The van der Waals surface area contributed by atoms with Gasteiger partial charge in [-0.25, -0.2) is 0 Å². The highest BCUT2D eigenvalue weighted by molar-refractivity contribution is 7.11. The van der Waals surface area contributed by atoms with Gasteiger partial charge in [0.1, 0.15) is 10.0 Å². The molecule has 0 unspecified atom stereocenters. The molecule has 0 spiro atoms. The second-order valence-corrected chi connectivity index (χ2v) is 6.42. The van der Waals surface area contributed by atoms with Crippen LogP contribution >= 0.6 is 11.3 Å². The second-order valence-electron chi connectivity index (χ2n) is 5.28. The Kier molecular flexibility index (Phi) is 5.05. The van der Waals surface area contributed by atoms with Crippen LogP contribution in [0.4, 0.5) is 0 Å². The normalized spacial score (nSPS) is 11.2. The maximum absolute atomic E-state index is 4.26. The van der Waals surface area contributed by atoms with Crippen molar-refractivity contribution in [2.45, 2.75) is 33.7 Å². The Balaban J connectivity index is 1.88. The summed E-state index contributed by atoms with van der Waals surface area (Å²) in [6, 6.07) is 8.60. The van der Waals surface area contributed by atoms with E-state index in [4.69, 9.17) is 0 Å². The maximum Gasteiger partial charge on any atom is 0.131 e. The predicted molar refractivity (Wildman–Crippen MR) is 80.4 cm³/mol. The number of aromatic nitrogens is 2.